The molecule has 0 unspecified atom stereocenters. The fraction of sp³-hybridized carbons (Fsp3) is 0. The Hall–Kier alpha value is -2.53. The van der Waals surface area contributed by atoms with Gasteiger partial charge in [0.2, 0.25) is 0 Å². The van der Waals surface area contributed by atoms with Crippen molar-refractivity contribution in [3.63, 3.8) is 0 Å². The van der Waals surface area contributed by atoms with Gasteiger partial charge in [-0.25, -0.2) is 4.98 Å². The summed E-state index contributed by atoms with van der Waals surface area (Å²) in [6, 6.07) is 10.4. The van der Waals surface area contributed by atoms with Crippen LogP contribution in [0.15, 0.2) is 56.5 Å². The molecule has 100 valence electrons. The summed E-state index contributed by atoms with van der Waals surface area (Å²) in [6.45, 7) is 0. The molecule has 3 rings (SSSR count). The molecule has 1 aromatic carbocycles. The smallest absolute Gasteiger partial charge is 0.312 e. The molecule has 6 heteroatoms. The zero-order valence-electron chi connectivity index (χ0n) is 10.2. The van der Waals surface area contributed by atoms with Crippen molar-refractivity contribution in [1.82, 2.24) is 4.98 Å². The molecule has 20 heavy (non-hydrogen) atoms. The third-order valence-corrected chi connectivity index (χ3v) is 2.75. The van der Waals surface area contributed by atoms with Crippen molar-refractivity contribution in [2.75, 3.05) is 0 Å². The van der Waals surface area contributed by atoms with Gasteiger partial charge in [-0.3, -0.25) is 4.99 Å². The highest BCUT2D eigenvalue weighted by Crippen LogP contribution is 2.26. The van der Waals surface area contributed by atoms with E-state index in [1.807, 2.05) is 0 Å². The number of rotatable bonds is 3. The number of aromatic nitrogens is 1. The standard InChI is InChI=1S/C14H9ClN2O3/c15-9-3-1-4-10(7-9)16-8-11-14(18)20-13(17-11)12-5-2-6-19-12/h1-8,18H. The summed E-state index contributed by atoms with van der Waals surface area (Å²) in [5.74, 6) is 0.310. The minimum absolute atomic E-state index is 0.194. The number of nitrogens with zero attached hydrogens (tertiary/aromatic N) is 2. The van der Waals surface area contributed by atoms with E-state index >= 15 is 0 Å². The monoisotopic (exact) mass is 288 g/mol. The van der Waals surface area contributed by atoms with Crippen LogP contribution in [-0.2, 0) is 0 Å². The van der Waals surface area contributed by atoms with E-state index in [2.05, 4.69) is 9.98 Å². The van der Waals surface area contributed by atoms with Crippen LogP contribution in [0.4, 0.5) is 5.69 Å². The lowest BCUT2D eigenvalue weighted by Crippen LogP contribution is -1.81. The summed E-state index contributed by atoms with van der Waals surface area (Å²) in [4.78, 5) is 8.27. The van der Waals surface area contributed by atoms with Gasteiger partial charge in [-0.1, -0.05) is 17.7 Å². The Balaban J connectivity index is 1.88. The fourth-order valence-electron chi connectivity index (χ4n) is 1.61. The SMILES string of the molecule is Oc1oc(-c2ccco2)nc1C=Nc1cccc(Cl)c1. The number of hydrogen-bond acceptors (Lipinski definition) is 5. The van der Waals surface area contributed by atoms with E-state index in [0.717, 1.165) is 0 Å². The van der Waals surface area contributed by atoms with Gasteiger partial charge in [0.15, 0.2) is 11.5 Å². The largest absolute Gasteiger partial charge is 0.479 e. The first-order valence-electron chi connectivity index (χ1n) is 5.76. The Morgan fingerprint density at radius 1 is 1.25 bits per heavy atom. The number of oxazole rings is 1. The summed E-state index contributed by atoms with van der Waals surface area (Å²) >= 11 is 5.86. The number of hydrogen-bond donors (Lipinski definition) is 1. The molecule has 0 atom stereocenters. The van der Waals surface area contributed by atoms with E-state index in [-0.39, 0.29) is 17.5 Å². The van der Waals surface area contributed by atoms with Crippen molar-refractivity contribution in [3.05, 3.63) is 53.4 Å². The maximum Gasteiger partial charge on any atom is 0.312 e. The fourth-order valence-corrected chi connectivity index (χ4v) is 1.79. The Kier molecular flexibility index (Phi) is 3.26. The van der Waals surface area contributed by atoms with E-state index in [0.29, 0.717) is 16.5 Å². The molecule has 0 bridgehead atoms. The van der Waals surface area contributed by atoms with Gasteiger partial charge in [0.25, 0.3) is 5.89 Å². The lowest BCUT2D eigenvalue weighted by Gasteiger charge is -1.92. The Morgan fingerprint density at radius 2 is 2.15 bits per heavy atom. The Morgan fingerprint density at radius 3 is 2.90 bits per heavy atom. The highest BCUT2D eigenvalue weighted by molar-refractivity contribution is 6.30. The quantitative estimate of drug-likeness (QED) is 0.738. The van der Waals surface area contributed by atoms with E-state index in [1.54, 1.807) is 36.4 Å². The molecule has 0 amide bonds. The third-order valence-electron chi connectivity index (χ3n) is 2.51. The molecule has 0 saturated heterocycles. The first-order valence-corrected chi connectivity index (χ1v) is 6.13. The van der Waals surface area contributed by atoms with Gasteiger partial charge in [0.05, 0.1) is 18.2 Å². The van der Waals surface area contributed by atoms with Crippen LogP contribution in [0.25, 0.3) is 11.7 Å². The molecule has 2 aromatic heterocycles. The second-order valence-corrected chi connectivity index (χ2v) is 4.36. The maximum atomic E-state index is 9.67. The van der Waals surface area contributed by atoms with Gasteiger partial charge in [0, 0.05) is 5.02 Å². The van der Waals surface area contributed by atoms with Crippen molar-refractivity contribution in [1.29, 1.82) is 0 Å². The highest BCUT2D eigenvalue weighted by Gasteiger charge is 2.14. The molecule has 1 N–H and O–H groups in total. The van der Waals surface area contributed by atoms with E-state index in [1.165, 1.54) is 12.5 Å². The van der Waals surface area contributed by atoms with Gasteiger partial charge < -0.3 is 13.9 Å². The zero-order valence-corrected chi connectivity index (χ0v) is 10.9. The van der Waals surface area contributed by atoms with Crippen LogP contribution in [0, 0.1) is 0 Å². The summed E-state index contributed by atoms with van der Waals surface area (Å²) in [5, 5.41) is 10.3. The minimum atomic E-state index is -0.317. The molecule has 3 aromatic rings. The number of benzene rings is 1. The summed E-state index contributed by atoms with van der Waals surface area (Å²) in [5.41, 5.74) is 0.871. The van der Waals surface area contributed by atoms with E-state index in [9.17, 15) is 5.11 Å². The average Bonchev–Trinajstić information content (AvgIpc) is 3.06. The predicted octanol–water partition coefficient (Wildman–Crippen LogP) is 4.04. The molecule has 5 nitrogen and oxygen atoms in total. The van der Waals surface area contributed by atoms with Crippen molar-refractivity contribution < 1.29 is 13.9 Å². The van der Waals surface area contributed by atoms with Gasteiger partial charge >= 0.3 is 5.95 Å². The van der Waals surface area contributed by atoms with Gasteiger partial charge in [-0.2, -0.15) is 0 Å². The highest BCUT2D eigenvalue weighted by atomic mass is 35.5. The van der Waals surface area contributed by atoms with Crippen molar-refractivity contribution in [2.24, 2.45) is 4.99 Å². The number of furan rings is 1. The second kappa shape index (κ2) is 5.22. The van der Waals surface area contributed by atoms with Gasteiger partial charge in [0.1, 0.15) is 0 Å². The molecular weight excluding hydrogens is 280 g/mol. The Labute approximate surface area is 119 Å². The molecule has 0 aliphatic heterocycles. The average molecular weight is 289 g/mol. The van der Waals surface area contributed by atoms with E-state index < -0.39 is 0 Å². The van der Waals surface area contributed by atoms with Gasteiger partial charge in [-0.15, -0.1) is 0 Å². The van der Waals surface area contributed by atoms with Crippen LogP contribution in [0.2, 0.25) is 5.02 Å². The number of aliphatic imine (C=N–C) groups is 1. The minimum Gasteiger partial charge on any atom is -0.479 e. The first kappa shape index (κ1) is 12.5. The molecule has 0 aliphatic carbocycles. The van der Waals surface area contributed by atoms with Crippen LogP contribution in [0.1, 0.15) is 5.69 Å². The molecule has 0 aliphatic rings. The normalized spacial score (nSPS) is 11.2. The van der Waals surface area contributed by atoms with Crippen molar-refractivity contribution in [3.8, 4) is 17.6 Å². The number of halogens is 1. The van der Waals surface area contributed by atoms with Crippen LogP contribution in [0.5, 0.6) is 5.95 Å². The van der Waals surface area contributed by atoms with Crippen molar-refractivity contribution in [2.45, 2.75) is 0 Å². The molecule has 0 spiro atoms. The lowest BCUT2D eigenvalue weighted by molar-refractivity contribution is 0.333. The van der Waals surface area contributed by atoms with Crippen molar-refractivity contribution >= 4 is 23.5 Å². The molecule has 0 fully saturated rings. The maximum absolute atomic E-state index is 9.67. The van der Waals surface area contributed by atoms with Crippen LogP contribution >= 0.6 is 11.6 Å². The molecule has 0 saturated carbocycles. The van der Waals surface area contributed by atoms with Crippen LogP contribution in [-0.4, -0.2) is 16.3 Å². The number of aromatic hydroxyl groups is 1. The molecule has 2 heterocycles. The van der Waals surface area contributed by atoms with E-state index in [4.69, 9.17) is 20.4 Å². The first-order chi connectivity index (χ1) is 9.72. The summed E-state index contributed by atoms with van der Waals surface area (Å²) < 4.78 is 10.2. The molecule has 0 radical (unpaired) electrons. The van der Waals surface area contributed by atoms with Gasteiger partial charge in [-0.05, 0) is 30.3 Å². The topological polar surface area (TPSA) is 71.8 Å². The predicted molar refractivity (Wildman–Crippen MR) is 74.6 cm³/mol. The summed E-state index contributed by atoms with van der Waals surface area (Å²) in [7, 11) is 0. The van der Waals surface area contributed by atoms with Crippen LogP contribution < -0.4 is 0 Å². The lowest BCUT2D eigenvalue weighted by atomic mass is 10.3. The Bertz CT molecular complexity index is 748. The second-order valence-electron chi connectivity index (χ2n) is 3.92. The third kappa shape index (κ3) is 2.57. The summed E-state index contributed by atoms with van der Waals surface area (Å²) in [6.07, 6.45) is 2.90. The van der Waals surface area contributed by atoms with Crippen LogP contribution in [0.3, 0.4) is 0 Å². The molecular formula is C14H9ClN2O3. The zero-order chi connectivity index (χ0) is 13.9.